The summed E-state index contributed by atoms with van der Waals surface area (Å²) in [5, 5.41) is 9.74. The third kappa shape index (κ3) is 2.85. The van der Waals surface area contributed by atoms with Crippen LogP contribution in [-0.2, 0) is 4.79 Å². The van der Waals surface area contributed by atoms with Crippen molar-refractivity contribution in [1.29, 1.82) is 0 Å². The monoisotopic (exact) mass is 236 g/mol. The van der Waals surface area contributed by atoms with Crippen molar-refractivity contribution in [2.45, 2.75) is 51.0 Å². The first-order chi connectivity index (χ1) is 7.98. The second-order valence-corrected chi connectivity index (χ2v) is 5.30. The molecule has 0 radical (unpaired) electrons. The van der Waals surface area contributed by atoms with E-state index in [0.717, 1.165) is 25.0 Å². The molecule has 0 aliphatic heterocycles. The molecule has 5 nitrogen and oxygen atoms in total. The lowest BCUT2D eigenvalue weighted by atomic mass is 9.75. The lowest BCUT2D eigenvalue weighted by molar-refractivity contribution is -0.118. The molecule has 1 aliphatic carbocycles. The topological polar surface area (TPSA) is 83.8 Å². The number of carbonyl (C=O) groups is 1. The summed E-state index contributed by atoms with van der Waals surface area (Å²) in [6, 6.07) is 1.87. The van der Waals surface area contributed by atoms with Gasteiger partial charge in [-0.05, 0) is 25.2 Å². The molecule has 94 valence electrons. The Kier molecular flexibility index (Phi) is 3.19. The highest BCUT2D eigenvalue weighted by Gasteiger charge is 2.34. The van der Waals surface area contributed by atoms with Gasteiger partial charge in [0.15, 0.2) is 5.82 Å². The lowest BCUT2D eigenvalue weighted by Crippen LogP contribution is -2.48. The third-order valence-corrected chi connectivity index (χ3v) is 3.35. The summed E-state index contributed by atoms with van der Waals surface area (Å²) >= 11 is 0. The molecule has 5 heteroatoms. The maximum Gasteiger partial charge on any atom is 0.227 e. The van der Waals surface area contributed by atoms with Crippen LogP contribution in [0.5, 0.6) is 0 Å². The number of aromatic amines is 1. The van der Waals surface area contributed by atoms with Crippen LogP contribution in [0.15, 0.2) is 6.07 Å². The smallest absolute Gasteiger partial charge is 0.227 e. The van der Waals surface area contributed by atoms with Crippen LogP contribution in [0.3, 0.4) is 0 Å². The summed E-state index contributed by atoms with van der Waals surface area (Å²) in [7, 11) is 0. The molecule has 1 aliphatic rings. The molecule has 0 spiro atoms. The number of amides is 1. The minimum Gasteiger partial charge on any atom is -0.325 e. The van der Waals surface area contributed by atoms with Crippen molar-refractivity contribution >= 4 is 11.7 Å². The maximum absolute atomic E-state index is 11.8. The number of aromatic nitrogens is 2. The summed E-state index contributed by atoms with van der Waals surface area (Å²) in [5.41, 5.74) is 6.77. The Morgan fingerprint density at radius 1 is 1.65 bits per heavy atom. The largest absolute Gasteiger partial charge is 0.325 e. The predicted molar refractivity (Wildman–Crippen MR) is 66.7 cm³/mol. The van der Waals surface area contributed by atoms with Gasteiger partial charge < -0.3 is 11.1 Å². The summed E-state index contributed by atoms with van der Waals surface area (Å²) in [5.74, 6) is 0.913. The number of hydrogen-bond acceptors (Lipinski definition) is 3. The first-order valence-corrected chi connectivity index (χ1v) is 6.12. The van der Waals surface area contributed by atoms with E-state index in [1.165, 1.54) is 0 Å². The number of anilines is 1. The molecule has 4 N–H and O–H groups in total. The molecular formula is C12H20N4O. The van der Waals surface area contributed by atoms with E-state index in [-0.39, 0.29) is 11.4 Å². The Morgan fingerprint density at radius 3 is 2.82 bits per heavy atom. The first kappa shape index (κ1) is 12.1. The number of nitrogens with two attached hydrogens (primary N) is 1. The van der Waals surface area contributed by atoms with E-state index < -0.39 is 0 Å². The quantitative estimate of drug-likeness (QED) is 0.744. The second-order valence-electron chi connectivity index (χ2n) is 5.30. The van der Waals surface area contributed by atoms with Gasteiger partial charge in [0, 0.05) is 23.7 Å². The van der Waals surface area contributed by atoms with Crippen molar-refractivity contribution in [2.75, 3.05) is 5.32 Å². The first-order valence-electron chi connectivity index (χ1n) is 6.12. The van der Waals surface area contributed by atoms with E-state index in [1.807, 2.05) is 6.07 Å². The molecule has 0 saturated heterocycles. The van der Waals surface area contributed by atoms with Gasteiger partial charge in [-0.15, -0.1) is 0 Å². The van der Waals surface area contributed by atoms with E-state index in [1.54, 1.807) is 0 Å². The molecule has 1 heterocycles. The standard InChI is InChI=1S/C12H20N4O/c1-8(2)9-6-10(16-15-9)14-11(17)7-12(13)4-3-5-12/h6,8H,3-5,7,13H2,1-2H3,(H2,14,15,16,17). The van der Waals surface area contributed by atoms with Crippen molar-refractivity contribution in [2.24, 2.45) is 5.73 Å². The Balaban J connectivity index is 1.89. The van der Waals surface area contributed by atoms with Crippen LogP contribution in [0.2, 0.25) is 0 Å². The number of hydrogen-bond donors (Lipinski definition) is 3. The van der Waals surface area contributed by atoms with Gasteiger partial charge in [-0.2, -0.15) is 5.10 Å². The van der Waals surface area contributed by atoms with Crippen LogP contribution in [0.25, 0.3) is 0 Å². The van der Waals surface area contributed by atoms with Crippen LogP contribution in [0, 0.1) is 0 Å². The minimum atomic E-state index is -0.277. The molecule has 1 fully saturated rings. The molecule has 2 rings (SSSR count). The molecule has 0 unspecified atom stereocenters. The fourth-order valence-corrected chi connectivity index (χ4v) is 2.01. The third-order valence-electron chi connectivity index (χ3n) is 3.35. The highest BCUT2D eigenvalue weighted by atomic mass is 16.1. The van der Waals surface area contributed by atoms with Crippen molar-refractivity contribution in [1.82, 2.24) is 10.2 Å². The van der Waals surface area contributed by atoms with Crippen LogP contribution in [0.4, 0.5) is 5.82 Å². The summed E-state index contributed by atoms with van der Waals surface area (Å²) in [6.07, 6.45) is 3.40. The predicted octanol–water partition coefficient (Wildman–Crippen LogP) is 1.74. The fraction of sp³-hybridized carbons (Fsp3) is 0.667. The molecule has 1 aromatic heterocycles. The maximum atomic E-state index is 11.8. The average Bonchev–Trinajstić information content (AvgIpc) is 2.63. The van der Waals surface area contributed by atoms with Gasteiger partial charge in [-0.1, -0.05) is 13.8 Å². The SMILES string of the molecule is CC(C)c1cc(NC(=O)CC2(N)CCC2)n[nH]1. The zero-order valence-corrected chi connectivity index (χ0v) is 10.4. The van der Waals surface area contributed by atoms with Crippen molar-refractivity contribution in [3.05, 3.63) is 11.8 Å². The molecule has 1 saturated carbocycles. The van der Waals surface area contributed by atoms with Gasteiger partial charge in [-0.25, -0.2) is 0 Å². The molecule has 0 atom stereocenters. The highest BCUT2D eigenvalue weighted by Crippen LogP contribution is 2.32. The molecule has 1 amide bonds. The van der Waals surface area contributed by atoms with Crippen molar-refractivity contribution in [3.8, 4) is 0 Å². The van der Waals surface area contributed by atoms with Gasteiger partial charge in [0.1, 0.15) is 0 Å². The average molecular weight is 236 g/mol. The van der Waals surface area contributed by atoms with E-state index in [9.17, 15) is 4.79 Å². The summed E-state index contributed by atoms with van der Waals surface area (Å²) < 4.78 is 0. The molecule has 1 aromatic rings. The van der Waals surface area contributed by atoms with Crippen LogP contribution >= 0.6 is 0 Å². The van der Waals surface area contributed by atoms with Gasteiger partial charge in [0.25, 0.3) is 0 Å². The number of nitrogens with zero attached hydrogens (tertiary/aromatic N) is 1. The molecular weight excluding hydrogens is 216 g/mol. The number of rotatable bonds is 4. The Morgan fingerprint density at radius 2 is 2.35 bits per heavy atom. The number of H-pyrrole nitrogens is 1. The van der Waals surface area contributed by atoms with Crippen molar-refractivity contribution < 1.29 is 4.79 Å². The van der Waals surface area contributed by atoms with E-state index in [0.29, 0.717) is 18.2 Å². The fourth-order valence-electron chi connectivity index (χ4n) is 2.01. The summed E-state index contributed by atoms with van der Waals surface area (Å²) in [6.45, 7) is 4.14. The second kappa shape index (κ2) is 4.49. The van der Waals surface area contributed by atoms with Crippen molar-refractivity contribution in [3.63, 3.8) is 0 Å². The molecule has 17 heavy (non-hydrogen) atoms. The lowest BCUT2D eigenvalue weighted by Gasteiger charge is -2.37. The summed E-state index contributed by atoms with van der Waals surface area (Å²) in [4.78, 5) is 11.8. The van der Waals surface area contributed by atoms with Gasteiger partial charge in [-0.3, -0.25) is 9.89 Å². The van der Waals surface area contributed by atoms with Crippen LogP contribution < -0.4 is 11.1 Å². The zero-order chi connectivity index (χ0) is 12.5. The minimum absolute atomic E-state index is 0.0472. The van der Waals surface area contributed by atoms with Gasteiger partial charge >= 0.3 is 0 Å². The van der Waals surface area contributed by atoms with E-state index >= 15 is 0 Å². The molecule has 0 aromatic carbocycles. The Hall–Kier alpha value is -1.36. The number of carbonyl (C=O) groups excluding carboxylic acids is 1. The number of nitrogens with one attached hydrogen (secondary N) is 2. The normalized spacial score (nSPS) is 17.9. The van der Waals surface area contributed by atoms with E-state index in [4.69, 9.17) is 5.73 Å². The Bertz CT molecular complexity index is 406. The molecule has 0 bridgehead atoms. The van der Waals surface area contributed by atoms with Crippen LogP contribution in [-0.4, -0.2) is 21.6 Å². The highest BCUT2D eigenvalue weighted by molar-refractivity contribution is 5.90. The van der Waals surface area contributed by atoms with E-state index in [2.05, 4.69) is 29.4 Å². The Labute approximate surface area is 101 Å². The zero-order valence-electron chi connectivity index (χ0n) is 10.4. The van der Waals surface area contributed by atoms with Crippen LogP contribution in [0.1, 0.15) is 51.1 Å². The van der Waals surface area contributed by atoms with Gasteiger partial charge in [0.2, 0.25) is 5.91 Å². The van der Waals surface area contributed by atoms with Gasteiger partial charge in [0.05, 0.1) is 0 Å².